The van der Waals surface area contributed by atoms with Crippen molar-refractivity contribution in [1.82, 2.24) is 20.6 Å². The Labute approximate surface area is 127 Å². The van der Waals surface area contributed by atoms with E-state index in [4.69, 9.17) is 0 Å². The van der Waals surface area contributed by atoms with Crippen molar-refractivity contribution in [3.8, 4) is 11.4 Å². The number of aromatic amines is 1. The van der Waals surface area contributed by atoms with Crippen LogP contribution in [-0.4, -0.2) is 38.6 Å². The number of H-pyrrole nitrogens is 1. The number of aromatic nitrogens is 4. The molecule has 2 atom stereocenters. The zero-order chi connectivity index (χ0) is 15.7. The molecule has 1 aliphatic heterocycles. The van der Waals surface area contributed by atoms with Crippen LogP contribution in [0.4, 0.5) is 11.4 Å². The zero-order valence-corrected chi connectivity index (χ0v) is 12.6. The lowest BCUT2D eigenvalue weighted by molar-refractivity contribution is -0.384. The molecule has 0 unspecified atom stereocenters. The molecule has 0 saturated carbocycles. The number of non-ortho nitro benzene ring substituents is 1. The predicted molar refractivity (Wildman–Crippen MR) is 81.4 cm³/mol. The number of nitrogens with zero attached hydrogens (tertiary/aromatic N) is 5. The predicted octanol–water partition coefficient (Wildman–Crippen LogP) is 2.26. The van der Waals surface area contributed by atoms with Gasteiger partial charge >= 0.3 is 0 Å². The van der Waals surface area contributed by atoms with Crippen molar-refractivity contribution in [2.45, 2.75) is 20.3 Å². The highest BCUT2D eigenvalue weighted by Gasteiger charge is 2.26. The van der Waals surface area contributed by atoms with Crippen LogP contribution in [0.1, 0.15) is 20.3 Å². The van der Waals surface area contributed by atoms with Gasteiger partial charge in [-0.25, -0.2) is 0 Å². The second kappa shape index (κ2) is 5.70. The molecule has 0 radical (unpaired) electrons. The van der Waals surface area contributed by atoms with E-state index in [2.05, 4.69) is 39.4 Å². The summed E-state index contributed by atoms with van der Waals surface area (Å²) in [6, 6.07) is 4.83. The van der Waals surface area contributed by atoms with Gasteiger partial charge in [-0.1, -0.05) is 13.8 Å². The number of benzene rings is 1. The lowest BCUT2D eigenvalue weighted by Crippen LogP contribution is -2.39. The molecule has 22 heavy (non-hydrogen) atoms. The SMILES string of the molecule is C[C@@H]1C[C@@H](C)CN(c2ccc([N+](=O)[O-])cc2-c2nn[nH]n2)C1. The van der Waals surface area contributed by atoms with Crippen molar-refractivity contribution in [1.29, 1.82) is 0 Å². The van der Waals surface area contributed by atoms with Crippen LogP contribution in [0.3, 0.4) is 0 Å². The summed E-state index contributed by atoms with van der Waals surface area (Å²) in [5, 5.41) is 25.0. The minimum absolute atomic E-state index is 0.0293. The monoisotopic (exact) mass is 302 g/mol. The molecule has 116 valence electrons. The number of nitro benzene ring substituents is 1. The summed E-state index contributed by atoms with van der Waals surface area (Å²) in [6.45, 7) is 6.30. The maximum absolute atomic E-state index is 11.0. The second-order valence-electron chi connectivity index (χ2n) is 6.05. The van der Waals surface area contributed by atoms with Crippen molar-refractivity contribution in [2.75, 3.05) is 18.0 Å². The van der Waals surface area contributed by atoms with Crippen molar-refractivity contribution in [3.63, 3.8) is 0 Å². The lowest BCUT2D eigenvalue weighted by Gasteiger charge is -2.37. The molecule has 1 fully saturated rings. The zero-order valence-electron chi connectivity index (χ0n) is 12.6. The molecule has 1 saturated heterocycles. The first kappa shape index (κ1) is 14.4. The molecule has 8 nitrogen and oxygen atoms in total. The highest BCUT2D eigenvalue weighted by Crippen LogP contribution is 2.35. The Bertz CT molecular complexity index is 662. The van der Waals surface area contributed by atoms with E-state index in [0.717, 1.165) is 18.8 Å². The summed E-state index contributed by atoms with van der Waals surface area (Å²) in [7, 11) is 0. The van der Waals surface area contributed by atoms with E-state index in [0.29, 0.717) is 23.2 Å². The first-order valence-electron chi connectivity index (χ1n) is 7.31. The summed E-state index contributed by atoms with van der Waals surface area (Å²) >= 11 is 0. The normalized spacial score (nSPS) is 21.8. The van der Waals surface area contributed by atoms with E-state index in [-0.39, 0.29) is 5.69 Å². The van der Waals surface area contributed by atoms with Crippen LogP contribution in [0.25, 0.3) is 11.4 Å². The molecule has 8 heteroatoms. The number of nitrogens with one attached hydrogen (secondary N) is 1. The van der Waals surface area contributed by atoms with E-state index in [1.54, 1.807) is 6.07 Å². The fourth-order valence-electron chi connectivity index (χ4n) is 3.23. The first-order chi connectivity index (χ1) is 10.5. The van der Waals surface area contributed by atoms with Gasteiger partial charge in [-0.15, -0.1) is 10.2 Å². The van der Waals surface area contributed by atoms with Crippen molar-refractivity contribution in [2.24, 2.45) is 11.8 Å². The Morgan fingerprint density at radius 3 is 2.64 bits per heavy atom. The van der Waals surface area contributed by atoms with Gasteiger partial charge in [0.05, 0.1) is 10.5 Å². The summed E-state index contributed by atoms with van der Waals surface area (Å²) in [5.74, 6) is 1.54. The van der Waals surface area contributed by atoms with E-state index in [1.165, 1.54) is 18.6 Å². The van der Waals surface area contributed by atoms with Gasteiger partial charge in [0.25, 0.3) is 5.69 Å². The van der Waals surface area contributed by atoms with Crippen LogP contribution in [0.5, 0.6) is 0 Å². The number of hydrogen-bond acceptors (Lipinski definition) is 6. The van der Waals surface area contributed by atoms with Crippen LogP contribution in [-0.2, 0) is 0 Å². The molecule has 2 heterocycles. The average molecular weight is 302 g/mol. The van der Waals surface area contributed by atoms with Gasteiger partial charge in [0.15, 0.2) is 0 Å². The Hall–Kier alpha value is -2.51. The highest BCUT2D eigenvalue weighted by atomic mass is 16.6. The van der Waals surface area contributed by atoms with Crippen molar-refractivity contribution in [3.05, 3.63) is 28.3 Å². The fourth-order valence-corrected chi connectivity index (χ4v) is 3.23. The third-order valence-corrected chi connectivity index (χ3v) is 3.99. The van der Waals surface area contributed by atoms with Crippen molar-refractivity contribution >= 4 is 11.4 Å². The number of rotatable bonds is 3. The van der Waals surface area contributed by atoms with Gasteiger partial charge in [-0.2, -0.15) is 5.21 Å². The summed E-state index contributed by atoms with van der Waals surface area (Å²) in [5.41, 5.74) is 1.59. The maximum atomic E-state index is 11.0. The number of tetrazole rings is 1. The summed E-state index contributed by atoms with van der Waals surface area (Å²) in [4.78, 5) is 12.9. The Morgan fingerprint density at radius 2 is 2.05 bits per heavy atom. The van der Waals surface area contributed by atoms with Crippen molar-refractivity contribution < 1.29 is 4.92 Å². The van der Waals surface area contributed by atoms with Gasteiger partial charge in [0.1, 0.15) is 0 Å². The topological polar surface area (TPSA) is 101 Å². The molecular formula is C14H18N6O2. The van der Waals surface area contributed by atoms with Gasteiger partial charge < -0.3 is 4.90 Å². The number of nitro groups is 1. The van der Waals surface area contributed by atoms with Gasteiger partial charge in [0, 0.05) is 30.9 Å². The van der Waals surface area contributed by atoms with E-state index >= 15 is 0 Å². The average Bonchev–Trinajstić information content (AvgIpc) is 2.99. The van der Waals surface area contributed by atoms with Crippen LogP contribution >= 0.6 is 0 Å². The van der Waals surface area contributed by atoms with Crippen LogP contribution < -0.4 is 4.90 Å². The lowest BCUT2D eigenvalue weighted by atomic mass is 9.91. The highest BCUT2D eigenvalue weighted by molar-refractivity contribution is 5.76. The maximum Gasteiger partial charge on any atom is 0.270 e. The van der Waals surface area contributed by atoms with Crippen LogP contribution in [0.15, 0.2) is 18.2 Å². The number of anilines is 1. The molecule has 0 aliphatic carbocycles. The number of piperidine rings is 1. The van der Waals surface area contributed by atoms with Gasteiger partial charge in [-0.3, -0.25) is 10.1 Å². The summed E-state index contributed by atoms with van der Waals surface area (Å²) < 4.78 is 0. The molecule has 0 bridgehead atoms. The Kier molecular flexibility index (Phi) is 3.74. The minimum Gasteiger partial charge on any atom is -0.370 e. The molecule has 1 aromatic carbocycles. The van der Waals surface area contributed by atoms with Gasteiger partial charge in [-0.05, 0) is 29.5 Å². The fraction of sp³-hybridized carbons (Fsp3) is 0.500. The summed E-state index contributed by atoms with van der Waals surface area (Å²) in [6.07, 6.45) is 1.20. The van der Waals surface area contributed by atoms with E-state index in [1.807, 2.05) is 0 Å². The Balaban J connectivity index is 2.05. The third kappa shape index (κ3) is 2.76. The van der Waals surface area contributed by atoms with E-state index in [9.17, 15) is 10.1 Å². The second-order valence-corrected chi connectivity index (χ2v) is 6.05. The van der Waals surface area contributed by atoms with Crippen LogP contribution in [0, 0.1) is 22.0 Å². The van der Waals surface area contributed by atoms with Gasteiger partial charge in [0.2, 0.25) is 5.82 Å². The minimum atomic E-state index is -0.408. The third-order valence-electron chi connectivity index (χ3n) is 3.99. The molecular weight excluding hydrogens is 284 g/mol. The molecule has 0 spiro atoms. The quantitative estimate of drug-likeness (QED) is 0.689. The number of hydrogen-bond donors (Lipinski definition) is 1. The molecule has 1 aromatic heterocycles. The molecule has 1 aliphatic rings. The molecule has 1 N–H and O–H groups in total. The van der Waals surface area contributed by atoms with Crippen LogP contribution in [0.2, 0.25) is 0 Å². The standard InChI is InChI=1S/C14H18N6O2/c1-9-5-10(2)8-19(7-9)13-4-3-11(20(21)22)6-12(13)14-15-17-18-16-14/h3-4,6,9-10H,5,7-8H2,1-2H3,(H,15,16,17,18)/t9-,10-/m1/s1. The Morgan fingerprint density at radius 1 is 1.32 bits per heavy atom. The molecule has 3 rings (SSSR count). The first-order valence-corrected chi connectivity index (χ1v) is 7.31. The van der Waals surface area contributed by atoms with E-state index < -0.39 is 4.92 Å². The largest absolute Gasteiger partial charge is 0.370 e. The smallest absolute Gasteiger partial charge is 0.270 e. The molecule has 0 amide bonds. The molecule has 2 aromatic rings.